The van der Waals surface area contributed by atoms with E-state index >= 15 is 0 Å². The van der Waals surface area contributed by atoms with Gasteiger partial charge in [0.05, 0.1) is 0 Å². The molecule has 1 rings (SSSR count). The minimum Gasteiger partial charge on any atom is -0.508 e. The summed E-state index contributed by atoms with van der Waals surface area (Å²) in [5, 5.41) is 14.4. The van der Waals surface area contributed by atoms with Crippen LogP contribution in [0.1, 0.15) is 25.3 Å². The third-order valence-corrected chi connectivity index (χ3v) is 3.68. The van der Waals surface area contributed by atoms with E-state index in [1.165, 1.54) is 19.1 Å². The number of amides is 3. The highest BCUT2D eigenvalue weighted by atomic mass is 16.3. The topological polar surface area (TPSA) is 186 Å². The number of phenolic OH excluding ortho intramolecular Hbond substituents is 1. The van der Waals surface area contributed by atoms with E-state index in [-0.39, 0.29) is 24.6 Å². The lowest BCUT2D eigenvalue weighted by molar-refractivity contribution is -0.130. The number of primary amides is 1. The number of carbonyl (C=O) groups is 3. The van der Waals surface area contributed by atoms with Crippen LogP contribution in [-0.4, -0.2) is 47.4 Å². The van der Waals surface area contributed by atoms with E-state index < -0.39 is 29.8 Å². The number of hydrogen-bond acceptors (Lipinski definition) is 5. The Kier molecular flexibility index (Phi) is 8.57. The first-order valence-electron chi connectivity index (χ1n) is 8.39. The highest BCUT2D eigenvalue weighted by Crippen LogP contribution is 2.12. The van der Waals surface area contributed by atoms with E-state index in [1.54, 1.807) is 12.1 Å². The Bertz CT molecular complexity index is 685. The second-order valence-electron chi connectivity index (χ2n) is 6.04. The first-order chi connectivity index (χ1) is 12.7. The molecule has 0 aromatic heterocycles. The zero-order valence-corrected chi connectivity index (χ0v) is 15.1. The van der Waals surface area contributed by atoms with Crippen molar-refractivity contribution in [3.63, 3.8) is 0 Å². The number of rotatable bonds is 10. The lowest BCUT2D eigenvalue weighted by atomic mass is 10.0. The Morgan fingerprint density at radius 1 is 1.07 bits per heavy atom. The van der Waals surface area contributed by atoms with Crippen LogP contribution in [0.25, 0.3) is 0 Å². The van der Waals surface area contributed by atoms with Crippen molar-refractivity contribution in [2.45, 2.75) is 38.3 Å². The Morgan fingerprint density at radius 2 is 1.70 bits per heavy atom. The number of nitrogens with two attached hydrogens (primary N) is 3. The molecule has 2 unspecified atom stereocenters. The van der Waals surface area contributed by atoms with Crippen LogP contribution in [-0.2, 0) is 20.8 Å². The Labute approximate surface area is 157 Å². The summed E-state index contributed by atoms with van der Waals surface area (Å²) < 4.78 is 0. The van der Waals surface area contributed by atoms with E-state index in [9.17, 15) is 19.5 Å². The normalized spacial score (nSPS) is 12.5. The highest BCUT2D eigenvalue weighted by molar-refractivity contribution is 5.91. The average molecular weight is 378 g/mol. The molecule has 2 atom stereocenters. The maximum absolute atomic E-state index is 12.6. The molecule has 9 N–H and O–H groups in total. The van der Waals surface area contributed by atoms with Crippen LogP contribution in [0.3, 0.4) is 0 Å². The lowest BCUT2D eigenvalue weighted by Crippen LogP contribution is -2.53. The summed E-state index contributed by atoms with van der Waals surface area (Å²) in [6.07, 6.45) is 0.879. The summed E-state index contributed by atoms with van der Waals surface area (Å²) in [5.74, 6) is -1.59. The van der Waals surface area contributed by atoms with Gasteiger partial charge in [-0.25, -0.2) is 0 Å². The molecule has 0 saturated carbocycles. The lowest BCUT2D eigenvalue weighted by Gasteiger charge is -2.21. The number of nitrogens with one attached hydrogen (secondary N) is 2. The molecule has 148 valence electrons. The van der Waals surface area contributed by atoms with E-state index in [0.717, 1.165) is 5.56 Å². The molecular formula is C17H26N6O4. The molecule has 0 aliphatic heterocycles. The molecule has 0 radical (unpaired) electrons. The van der Waals surface area contributed by atoms with Crippen molar-refractivity contribution < 1.29 is 19.5 Å². The van der Waals surface area contributed by atoms with E-state index in [1.807, 2.05) is 0 Å². The molecule has 0 aliphatic rings. The molecule has 1 aromatic carbocycles. The number of aliphatic imine (C=N–C) groups is 1. The van der Waals surface area contributed by atoms with Gasteiger partial charge in [0, 0.05) is 19.9 Å². The van der Waals surface area contributed by atoms with Crippen molar-refractivity contribution in [1.82, 2.24) is 10.6 Å². The molecule has 0 heterocycles. The van der Waals surface area contributed by atoms with Crippen molar-refractivity contribution in [2.24, 2.45) is 22.2 Å². The van der Waals surface area contributed by atoms with Gasteiger partial charge in [-0.15, -0.1) is 0 Å². The predicted molar refractivity (Wildman–Crippen MR) is 100 cm³/mol. The fourth-order valence-electron chi connectivity index (χ4n) is 2.38. The van der Waals surface area contributed by atoms with Crippen LogP contribution in [0.15, 0.2) is 29.3 Å². The van der Waals surface area contributed by atoms with E-state index in [2.05, 4.69) is 15.6 Å². The average Bonchev–Trinajstić information content (AvgIpc) is 2.57. The number of phenols is 1. The van der Waals surface area contributed by atoms with Gasteiger partial charge in [0.2, 0.25) is 17.7 Å². The molecule has 3 amide bonds. The number of aromatic hydroxyl groups is 1. The summed E-state index contributed by atoms with van der Waals surface area (Å²) in [5.41, 5.74) is 16.5. The van der Waals surface area contributed by atoms with Gasteiger partial charge in [-0.1, -0.05) is 12.1 Å². The first-order valence-corrected chi connectivity index (χ1v) is 8.39. The van der Waals surface area contributed by atoms with Gasteiger partial charge in [0.1, 0.15) is 17.8 Å². The summed E-state index contributed by atoms with van der Waals surface area (Å²) in [6, 6.07) is 4.42. The van der Waals surface area contributed by atoms with Gasteiger partial charge < -0.3 is 32.9 Å². The molecule has 27 heavy (non-hydrogen) atoms. The zero-order chi connectivity index (χ0) is 20.4. The largest absolute Gasteiger partial charge is 0.508 e. The fourth-order valence-corrected chi connectivity index (χ4v) is 2.38. The standard InChI is InChI=1S/C17H26N6O4/c1-10(24)22-14(9-11-4-6-12(25)7-5-11)16(27)23-13(15(18)26)3-2-8-21-17(19)20/h4-7,13-14,25H,2-3,8-9H2,1H3,(H2,18,26)(H,22,24)(H,23,27)(H4,19,20,21). The molecule has 0 bridgehead atoms. The SMILES string of the molecule is CC(=O)NC(Cc1ccc(O)cc1)C(=O)NC(CCCN=C(N)N)C(N)=O. The number of carbonyl (C=O) groups excluding carboxylic acids is 3. The van der Waals surface area contributed by atoms with Crippen molar-refractivity contribution in [1.29, 1.82) is 0 Å². The predicted octanol–water partition coefficient (Wildman–Crippen LogP) is -1.54. The molecular weight excluding hydrogens is 352 g/mol. The third kappa shape index (κ3) is 8.56. The van der Waals surface area contributed by atoms with Crippen LogP contribution in [0.5, 0.6) is 5.75 Å². The van der Waals surface area contributed by atoms with Crippen molar-refractivity contribution in [3.05, 3.63) is 29.8 Å². The quantitative estimate of drug-likeness (QED) is 0.163. The van der Waals surface area contributed by atoms with Gasteiger partial charge in [0.25, 0.3) is 0 Å². The number of nitrogens with zero attached hydrogens (tertiary/aromatic N) is 1. The first kappa shape index (κ1) is 21.7. The van der Waals surface area contributed by atoms with Crippen LogP contribution < -0.4 is 27.8 Å². The monoisotopic (exact) mass is 378 g/mol. The van der Waals surface area contributed by atoms with E-state index in [4.69, 9.17) is 17.2 Å². The number of guanidine groups is 1. The molecule has 10 nitrogen and oxygen atoms in total. The summed E-state index contributed by atoms with van der Waals surface area (Å²) in [7, 11) is 0. The van der Waals surface area contributed by atoms with Gasteiger partial charge in [0.15, 0.2) is 5.96 Å². The van der Waals surface area contributed by atoms with Crippen molar-refractivity contribution >= 4 is 23.7 Å². The minimum absolute atomic E-state index is 0.0609. The summed E-state index contributed by atoms with van der Waals surface area (Å²) in [4.78, 5) is 39.4. The second-order valence-corrected chi connectivity index (χ2v) is 6.04. The second kappa shape index (κ2) is 10.6. The van der Waals surface area contributed by atoms with Gasteiger partial charge in [-0.2, -0.15) is 0 Å². The van der Waals surface area contributed by atoms with Crippen molar-refractivity contribution in [2.75, 3.05) is 6.54 Å². The van der Waals surface area contributed by atoms with Crippen LogP contribution in [0.2, 0.25) is 0 Å². The minimum atomic E-state index is -0.914. The maximum Gasteiger partial charge on any atom is 0.243 e. The zero-order valence-electron chi connectivity index (χ0n) is 15.1. The van der Waals surface area contributed by atoms with Crippen molar-refractivity contribution in [3.8, 4) is 5.75 Å². The maximum atomic E-state index is 12.6. The third-order valence-electron chi connectivity index (χ3n) is 3.68. The molecule has 10 heteroatoms. The van der Waals surface area contributed by atoms with Crippen LogP contribution in [0.4, 0.5) is 0 Å². The molecule has 0 aliphatic carbocycles. The number of hydrogen-bond donors (Lipinski definition) is 6. The van der Waals surface area contributed by atoms with Gasteiger partial charge in [-0.05, 0) is 30.5 Å². The van der Waals surface area contributed by atoms with E-state index in [0.29, 0.717) is 13.0 Å². The van der Waals surface area contributed by atoms with Gasteiger partial charge in [-0.3, -0.25) is 19.4 Å². The van der Waals surface area contributed by atoms with Crippen LogP contribution >= 0.6 is 0 Å². The Morgan fingerprint density at radius 3 is 2.22 bits per heavy atom. The summed E-state index contributed by atoms with van der Waals surface area (Å²) >= 11 is 0. The number of benzene rings is 1. The molecule has 0 fully saturated rings. The smallest absolute Gasteiger partial charge is 0.243 e. The molecule has 0 spiro atoms. The van der Waals surface area contributed by atoms with Crippen LogP contribution in [0, 0.1) is 0 Å². The fraction of sp³-hybridized carbons (Fsp3) is 0.412. The Balaban J connectivity index is 2.76. The van der Waals surface area contributed by atoms with Gasteiger partial charge >= 0.3 is 0 Å². The Hall–Kier alpha value is -3.30. The molecule has 0 saturated heterocycles. The highest BCUT2D eigenvalue weighted by Gasteiger charge is 2.25. The summed E-state index contributed by atoms with van der Waals surface area (Å²) in [6.45, 7) is 1.59. The molecule has 1 aromatic rings.